The zero-order valence-corrected chi connectivity index (χ0v) is 5.54. The molecule has 1 aliphatic heterocycles. The third-order valence-electron chi connectivity index (χ3n) is 1.75. The Bertz CT molecular complexity index is 97.1. The molecule has 0 saturated carbocycles. The summed E-state index contributed by atoms with van der Waals surface area (Å²) in [6.07, 6.45) is 0.399. The van der Waals surface area contributed by atoms with E-state index in [1.165, 1.54) is 0 Å². The molecule has 0 aromatic rings. The van der Waals surface area contributed by atoms with Gasteiger partial charge in [-0.15, -0.1) is 0 Å². The predicted molar refractivity (Wildman–Crippen MR) is 34.1 cm³/mol. The zero-order valence-electron chi connectivity index (χ0n) is 5.54. The molecule has 1 rings (SSSR count). The quantitative estimate of drug-likeness (QED) is 0.432. The van der Waals surface area contributed by atoms with E-state index in [1.807, 2.05) is 6.92 Å². The van der Waals surface area contributed by atoms with E-state index in [2.05, 4.69) is 5.32 Å². The van der Waals surface area contributed by atoms with Gasteiger partial charge >= 0.3 is 0 Å². The molecule has 0 amide bonds. The van der Waals surface area contributed by atoms with Crippen LogP contribution in [0.15, 0.2) is 0 Å². The molecule has 3 nitrogen and oxygen atoms in total. The van der Waals surface area contributed by atoms with E-state index in [1.54, 1.807) is 0 Å². The molecule has 3 heteroatoms. The Labute approximate surface area is 54.7 Å². The van der Waals surface area contributed by atoms with Gasteiger partial charge in [0.1, 0.15) is 0 Å². The van der Waals surface area contributed by atoms with Gasteiger partial charge in [0.25, 0.3) is 0 Å². The Hall–Kier alpha value is -0.120. The van der Waals surface area contributed by atoms with Crippen LogP contribution in [0.4, 0.5) is 0 Å². The van der Waals surface area contributed by atoms with E-state index in [-0.39, 0.29) is 18.8 Å². The first-order valence-corrected chi connectivity index (χ1v) is 3.29. The highest BCUT2D eigenvalue weighted by molar-refractivity contribution is 4.87. The Morgan fingerprint density at radius 1 is 1.67 bits per heavy atom. The van der Waals surface area contributed by atoms with Crippen molar-refractivity contribution in [3.63, 3.8) is 0 Å². The Balaban J connectivity index is 2.38. The van der Waals surface area contributed by atoms with Crippen LogP contribution in [0.3, 0.4) is 0 Å². The summed E-state index contributed by atoms with van der Waals surface area (Å²) in [4.78, 5) is 0. The van der Waals surface area contributed by atoms with Gasteiger partial charge < -0.3 is 15.5 Å². The number of aliphatic hydroxyl groups excluding tert-OH is 2. The molecular weight excluding hydrogens is 118 g/mol. The van der Waals surface area contributed by atoms with Crippen molar-refractivity contribution in [2.75, 3.05) is 6.61 Å². The molecule has 1 aliphatic rings. The van der Waals surface area contributed by atoms with Crippen molar-refractivity contribution in [1.29, 1.82) is 0 Å². The lowest BCUT2D eigenvalue weighted by Gasteiger charge is -2.09. The zero-order chi connectivity index (χ0) is 6.85. The first-order chi connectivity index (χ1) is 4.24. The molecule has 0 unspecified atom stereocenters. The third kappa shape index (κ3) is 1.41. The molecule has 0 aromatic carbocycles. The maximum atomic E-state index is 9.14. The average Bonchev–Trinajstić information content (AvgIpc) is 2.10. The van der Waals surface area contributed by atoms with E-state index in [9.17, 15) is 0 Å². The van der Waals surface area contributed by atoms with Gasteiger partial charge in [-0.3, -0.25) is 0 Å². The van der Waals surface area contributed by atoms with Crippen molar-refractivity contribution >= 4 is 0 Å². The van der Waals surface area contributed by atoms with Gasteiger partial charge in [0, 0.05) is 6.04 Å². The van der Waals surface area contributed by atoms with Gasteiger partial charge in [-0.2, -0.15) is 0 Å². The Kier molecular flexibility index (Phi) is 2.05. The van der Waals surface area contributed by atoms with Gasteiger partial charge in [-0.1, -0.05) is 0 Å². The van der Waals surface area contributed by atoms with Crippen molar-refractivity contribution in [3.05, 3.63) is 0 Å². The average molecular weight is 131 g/mol. The topological polar surface area (TPSA) is 52.5 Å². The van der Waals surface area contributed by atoms with E-state index >= 15 is 0 Å². The molecule has 3 atom stereocenters. The van der Waals surface area contributed by atoms with Crippen LogP contribution in [-0.2, 0) is 0 Å². The third-order valence-corrected chi connectivity index (χ3v) is 1.75. The van der Waals surface area contributed by atoms with E-state index in [4.69, 9.17) is 10.2 Å². The summed E-state index contributed by atoms with van der Waals surface area (Å²) >= 11 is 0. The number of hydrogen-bond acceptors (Lipinski definition) is 3. The van der Waals surface area contributed by atoms with Crippen LogP contribution < -0.4 is 5.32 Å². The molecule has 0 aromatic heterocycles. The summed E-state index contributed by atoms with van der Waals surface area (Å²) in [6.45, 7) is 2.03. The second-order valence-electron chi connectivity index (χ2n) is 2.66. The van der Waals surface area contributed by atoms with Crippen molar-refractivity contribution in [3.8, 4) is 0 Å². The summed E-state index contributed by atoms with van der Waals surface area (Å²) in [5, 5.41) is 20.8. The van der Waals surface area contributed by atoms with Gasteiger partial charge in [0.15, 0.2) is 0 Å². The highest BCUT2D eigenvalue weighted by atomic mass is 16.3. The lowest BCUT2D eigenvalue weighted by Crippen LogP contribution is -2.35. The fourth-order valence-electron chi connectivity index (χ4n) is 1.25. The highest BCUT2D eigenvalue weighted by Crippen LogP contribution is 2.11. The van der Waals surface area contributed by atoms with Crippen LogP contribution in [0.1, 0.15) is 13.3 Å². The highest BCUT2D eigenvalue weighted by Gasteiger charge is 2.28. The molecule has 0 radical (unpaired) electrons. The lowest BCUT2D eigenvalue weighted by atomic mass is 10.1. The summed E-state index contributed by atoms with van der Waals surface area (Å²) in [5.41, 5.74) is 0. The first-order valence-electron chi connectivity index (χ1n) is 3.29. The molecule has 0 bridgehead atoms. The van der Waals surface area contributed by atoms with Crippen LogP contribution in [0, 0.1) is 0 Å². The summed E-state index contributed by atoms with van der Waals surface area (Å²) in [6, 6.07) is 0.247. The first kappa shape index (κ1) is 6.99. The van der Waals surface area contributed by atoms with Gasteiger partial charge in [-0.25, -0.2) is 0 Å². The summed E-state index contributed by atoms with van der Waals surface area (Å²) in [7, 11) is 0. The fraction of sp³-hybridized carbons (Fsp3) is 1.00. The van der Waals surface area contributed by atoms with Crippen molar-refractivity contribution < 1.29 is 10.2 Å². The number of hydrogen-bond donors (Lipinski definition) is 3. The van der Waals surface area contributed by atoms with Crippen molar-refractivity contribution in [2.45, 2.75) is 31.5 Å². The van der Waals surface area contributed by atoms with Crippen LogP contribution in [0.25, 0.3) is 0 Å². The number of rotatable bonds is 1. The smallest absolute Gasteiger partial charge is 0.0730 e. The van der Waals surface area contributed by atoms with Crippen molar-refractivity contribution in [1.82, 2.24) is 5.32 Å². The maximum absolute atomic E-state index is 9.14. The second-order valence-corrected chi connectivity index (χ2v) is 2.66. The van der Waals surface area contributed by atoms with Crippen molar-refractivity contribution in [2.24, 2.45) is 0 Å². The molecule has 0 spiro atoms. The molecule has 3 N–H and O–H groups in total. The maximum Gasteiger partial charge on any atom is 0.0730 e. The van der Waals surface area contributed by atoms with Crippen LogP contribution in [0.5, 0.6) is 0 Å². The molecule has 1 fully saturated rings. The van der Waals surface area contributed by atoms with E-state index in [0.29, 0.717) is 6.04 Å². The fourth-order valence-corrected chi connectivity index (χ4v) is 1.25. The normalized spacial score (nSPS) is 43.7. The van der Waals surface area contributed by atoms with E-state index < -0.39 is 0 Å². The second kappa shape index (κ2) is 2.64. The summed E-state index contributed by atoms with van der Waals surface area (Å²) in [5.74, 6) is 0. The number of aliphatic hydroxyl groups is 2. The Morgan fingerprint density at radius 3 is 2.56 bits per heavy atom. The standard InChI is InChI=1S/C6H13NO2/c1-4-2-6(9)5(3-8)7-4/h4-9H,2-3H2,1H3/t4-,5+,6-/m0/s1. The molecule has 9 heavy (non-hydrogen) atoms. The predicted octanol–water partition coefficient (Wildman–Crippen LogP) is -0.910. The molecule has 1 saturated heterocycles. The summed E-state index contributed by atoms with van der Waals surface area (Å²) < 4.78 is 0. The Morgan fingerprint density at radius 2 is 2.33 bits per heavy atom. The molecule has 54 valence electrons. The molecular formula is C6H13NO2. The molecule has 0 aliphatic carbocycles. The van der Waals surface area contributed by atoms with Crippen LogP contribution >= 0.6 is 0 Å². The van der Waals surface area contributed by atoms with Gasteiger partial charge in [-0.05, 0) is 13.3 Å². The largest absolute Gasteiger partial charge is 0.395 e. The lowest BCUT2D eigenvalue weighted by molar-refractivity contribution is 0.121. The minimum Gasteiger partial charge on any atom is -0.395 e. The van der Waals surface area contributed by atoms with Gasteiger partial charge in [0.05, 0.1) is 18.8 Å². The monoisotopic (exact) mass is 131 g/mol. The van der Waals surface area contributed by atoms with Crippen LogP contribution in [0.2, 0.25) is 0 Å². The van der Waals surface area contributed by atoms with Gasteiger partial charge in [0.2, 0.25) is 0 Å². The minimum atomic E-state index is -0.356. The van der Waals surface area contributed by atoms with Crippen LogP contribution in [-0.4, -0.2) is 35.0 Å². The SMILES string of the molecule is C[C@H]1C[C@H](O)[C@@H](CO)N1. The minimum absolute atomic E-state index is 0.0332. The number of nitrogens with one attached hydrogen (secondary N) is 1. The van der Waals surface area contributed by atoms with E-state index in [0.717, 1.165) is 6.42 Å². The molecule has 1 heterocycles.